The molecule has 0 unspecified atom stereocenters. The van der Waals surface area contributed by atoms with E-state index >= 15 is 0 Å². The van der Waals surface area contributed by atoms with Gasteiger partial charge >= 0.3 is 11.9 Å². The van der Waals surface area contributed by atoms with E-state index < -0.39 is 11.9 Å². The maximum Gasteiger partial charge on any atom is 0.305 e. The number of hydrogen-bond donors (Lipinski definition) is 0. The van der Waals surface area contributed by atoms with E-state index in [0.717, 1.165) is 0 Å². The lowest BCUT2D eigenvalue weighted by molar-refractivity contribution is -0.727. The second kappa shape index (κ2) is 8.03. The maximum atomic E-state index is 12.5. The highest BCUT2D eigenvalue weighted by Gasteiger charge is 2.35. The van der Waals surface area contributed by atoms with Crippen LogP contribution in [-0.4, -0.2) is 39.8 Å². The second-order valence-electron chi connectivity index (χ2n) is 6.31. The van der Waals surface area contributed by atoms with Crippen LogP contribution in [0.5, 0.6) is 0 Å². The number of benzene rings is 1. The lowest BCUT2D eigenvalue weighted by atomic mass is 10.1. The summed E-state index contributed by atoms with van der Waals surface area (Å²) in [6.45, 7) is 2.75. The Balaban J connectivity index is 1.73. The number of imide groups is 1. The zero-order chi connectivity index (χ0) is 20.3. The summed E-state index contributed by atoms with van der Waals surface area (Å²) in [6.07, 6.45) is 3.69. The van der Waals surface area contributed by atoms with E-state index in [1.807, 2.05) is 0 Å². The van der Waals surface area contributed by atoms with Crippen LogP contribution in [0.4, 0.5) is 0 Å². The molecule has 3 rings (SSSR count). The highest BCUT2D eigenvalue weighted by Crippen LogP contribution is 2.22. The van der Waals surface area contributed by atoms with Crippen molar-refractivity contribution in [2.75, 3.05) is 6.54 Å². The standard InChI is InChI=1S/C19H20N3O6/c1-13(23)27-11-20-9-15(21(10-20)12-28-14(2)24)7-8-22-18(25)16-5-3-4-6-17(16)19(22)26/h3-6,9-10H,7-8,11-12H2,1-2H3/q+1. The molecule has 9 heteroatoms. The van der Waals surface area contributed by atoms with Gasteiger partial charge in [0.2, 0.25) is 19.8 Å². The molecule has 0 aliphatic carbocycles. The number of fused-ring (bicyclic) bond motifs is 1. The number of carbonyl (C=O) groups excluding carboxylic acids is 4. The third kappa shape index (κ3) is 4.08. The Morgan fingerprint density at radius 2 is 1.61 bits per heavy atom. The van der Waals surface area contributed by atoms with Crippen LogP contribution in [0.1, 0.15) is 40.3 Å². The molecule has 28 heavy (non-hydrogen) atoms. The van der Waals surface area contributed by atoms with Gasteiger partial charge in [0.25, 0.3) is 11.8 Å². The van der Waals surface area contributed by atoms with Crippen LogP contribution >= 0.6 is 0 Å². The largest absolute Gasteiger partial charge is 0.425 e. The van der Waals surface area contributed by atoms with Crippen LogP contribution in [-0.2, 0) is 38.9 Å². The number of hydrogen-bond acceptors (Lipinski definition) is 6. The van der Waals surface area contributed by atoms with Gasteiger partial charge in [0.05, 0.1) is 11.1 Å². The topological polar surface area (TPSA) is 98.8 Å². The number of amides is 2. The van der Waals surface area contributed by atoms with Crippen molar-refractivity contribution in [3.63, 3.8) is 0 Å². The highest BCUT2D eigenvalue weighted by molar-refractivity contribution is 6.21. The van der Waals surface area contributed by atoms with Crippen LogP contribution in [0.25, 0.3) is 0 Å². The van der Waals surface area contributed by atoms with Crippen molar-refractivity contribution >= 4 is 23.8 Å². The van der Waals surface area contributed by atoms with E-state index in [0.29, 0.717) is 23.2 Å². The van der Waals surface area contributed by atoms with Gasteiger partial charge in [-0.15, -0.1) is 0 Å². The summed E-state index contributed by atoms with van der Waals surface area (Å²) in [5, 5.41) is 0. The zero-order valence-corrected chi connectivity index (χ0v) is 15.6. The van der Waals surface area contributed by atoms with Gasteiger partial charge in [-0.3, -0.25) is 24.1 Å². The molecule has 0 spiro atoms. The predicted molar refractivity (Wildman–Crippen MR) is 93.7 cm³/mol. The first kappa shape index (κ1) is 19.3. The molecule has 2 amide bonds. The number of esters is 2. The van der Waals surface area contributed by atoms with Gasteiger partial charge in [0.15, 0.2) is 0 Å². The Morgan fingerprint density at radius 3 is 2.18 bits per heavy atom. The minimum Gasteiger partial charge on any atom is -0.425 e. The molecule has 1 aliphatic rings. The number of aromatic nitrogens is 2. The van der Waals surface area contributed by atoms with Gasteiger partial charge < -0.3 is 9.47 Å². The first-order valence-corrected chi connectivity index (χ1v) is 8.67. The summed E-state index contributed by atoms with van der Waals surface area (Å²) < 4.78 is 13.3. The van der Waals surface area contributed by atoms with Gasteiger partial charge in [0.1, 0.15) is 11.9 Å². The summed E-state index contributed by atoms with van der Waals surface area (Å²) in [5.41, 5.74) is 1.50. The molecule has 2 aromatic rings. The van der Waals surface area contributed by atoms with E-state index in [1.54, 1.807) is 45.9 Å². The fourth-order valence-electron chi connectivity index (χ4n) is 2.94. The summed E-state index contributed by atoms with van der Waals surface area (Å²) in [6, 6.07) is 6.70. The molecule has 0 saturated heterocycles. The SMILES string of the molecule is CC(=O)OCn1c[n+](COC(C)=O)cc1CCN1C(=O)c2ccccc2C1=O. The van der Waals surface area contributed by atoms with Gasteiger partial charge in [-0.2, -0.15) is 4.57 Å². The second-order valence-corrected chi connectivity index (χ2v) is 6.31. The zero-order valence-electron chi connectivity index (χ0n) is 15.6. The lowest BCUT2D eigenvalue weighted by Crippen LogP contribution is -2.34. The summed E-state index contributed by atoms with van der Waals surface area (Å²) >= 11 is 0. The van der Waals surface area contributed by atoms with E-state index in [2.05, 4.69) is 0 Å². The van der Waals surface area contributed by atoms with E-state index in [1.165, 1.54) is 18.7 Å². The third-order valence-electron chi connectivity index (χ3n) is 4.26. The average molecular weight is 386 g/mol. The molecule has 0 N–H and O–H groups in total. The van der Waals surface area contributed by atoms with Crippen molar-refractivity contribution in [2.45, 2.75) is 33.7 Å². The Hall–Kier alpha value is -3.49. The number of nitrogens with zero attached hydrogens (tertiary/aromatic N) is 3. The first-order chi connectivity index (χ1) is 13.4. The quantitative estimate of drug-likeness (QED) is 0.394. The highest BCUT2D eigenvalue weighted by atomic mass is 16.5. The van der Waals surface area contributed by atoms with Gasteiger partial charge in [-0.25, -0.2) is 4.57 Å². The van der Waals surface area contributed by atoms with Gasteiger partial charge in [-0.1, -0.05) is 12.1 Å². The van der Waals surface area contributed by atoms with Crippen molar-refractivity contribution in [3.05, 3.63) is 53.6 Å². The molecule has 0 atom stereocenters. The summed E-state index contributed by atoms with van der Waals surface area (Å²) in [4.78, 5) is 48.3. The third-order valence-corrected chi connectivity index (χ3v) is 4.26. The molecule has 2 heterocycles. The molecule has 9 nitrogen and oxygen atoms in total. The Bertz CT molecular complexity index is 914. The lowest BCUT2D eigenvalue weighted by Gasteiger charge is -2.12. The minimum absolute atomic E-state index is 0.00240. The van der Waals surface area contributed by atoms with Crippen LogP contribution in [0, 0.1) is 0 Å². The van der Waals surface area contributed by atoms with Crippen LogP contribution in [0.3, 0.4) is 0 Å². The summed E-state index contributed by atoms with van der Waals surface area (Å²) in [5.74, 6) is -1.52. The van der Waals surface area contributed by atoms with Crippen LogP contribution < -0.4 is 4.57 Å². The number of carbonyl (C=O) groups is 4. The number of rotatable bonds is 7. The monoisotopic (exact) mass is 386 g/mol. The van der Waals surface area contributed by atoms with E-state index in [9.17, 15) is 19.2 Å². The Morgan fingerprint density at radius 1 is 1.00 bits per heavy atom. The average Bonchev–Trinajstić information content (AvgIpc) is 3.16. The first-order valence-electron chi connectivity index (χ1n) is 8.67. The summed E-state index contributed by atoms with van der Waals surface area (Å²) in [7, 11) is 0. The molecule has 0 bridgehead atoms. The molecular weight excluding hydrogens is 366 g/mol. The van der Waals surface area contributed by atoms with Crippen molar-refractivity contribution in [2.24, 2.45) is 0 Å². The van der Waals surface area contributed by atoms with Gasteiger partial charge in [-0.05, 0) is 12.1 Å². The molecule has 0 fully saturated rings. The molecule has 1 aromatic carbocycles. The molecular formula is C19H20N3O6+. The Labute approximate surface area is 161 Å². The number of ether oxygens (including phenoxy) is 2. The van der Waals surface area contributed by atoms with Crippen molar-refractivity contribution in [1.29, 1.82) is 0 Å². The molecule has 0 saturated carbocycles. The fraction of sp³-hybridized carbons (Fsp3) is 0.316. The van der Waals surface area contributed by atoms with Crippen LogP contribution in [0.15, 0.2) is 36.8 Å². The van der Waals surface area contributed by atoms with Crippen molar-refractivity contribution < 1.29 is 33.2 Å². The number of imidazole rings is 1. The van der Waals surface area contributed by atoms with Crippen molar-refractivity contribution in [3.8, 4) is 0 Å². The smallest absolute Gasteiger partial charge is 0.305 e. The molecule has 146 valence electrons. The normalized spacial score (nSPS) is 12.9. The molecule has 1 aliphatic heterocycles. The predicted octanol–water partition coefficient (Wildman–Crippen LogP) is 0.655. The van der Waals surface area contributed by atoms with E-state index in [4.69, 9.17) is 9.47 Å². The van der Waals surface area contributed by atoms with E-state index in [-0.39, 0.29) is 31.8 Å². The molecule has 1 aromatic heterocycles. The minimum atomic E-state index is -0.438. The van der Waals surface area contributed by atoms with Crippen molar-refractivity contribution in [1.82, 2.24) is 9.47 Å². The molecule has 0 radical (unpaired) electrons. The van der Waals surface area contributed by atoms with Crippen LogP contribution in [0.2, 0.25) is 0 Å². The van der Waals surface area contributed by atoms with Gasteiger partial charge in [0, 0.05) is 26.8 Å². The Kier molecular flexibility index (Phi) is 5.53. The fourth-order valence-corrected chi connectivity index (χ4v) is 2.94. The maximum absolute atomic E-state index is 12.5.